The van der Waals surface area contributed by atoms with Gasteiger partial charge in [0.25, 0.3) is 0 Å². The number of hydrogen-bond acceptors (Lipinski definition) is 1. The molecule has 0 saturated heterocycles. The largest absolute Gasteiger partial charge is 0.144 e. The van der Waals surface area contributed by atoms with Crippen LogP contribution in [0, 0.1) is 6.92 Å². The summed E-state index contributed by atoms with van der Waals surface area (Å²) >= 11 is 1.83. The lowest BCUT2D eigenvalue weighted by Crippen LogP contribution is -1.89. The van der Waals surface area contributed by atoms with Crippen molar-refractivity contribution in [2.24, 2.45) is 0 Å². The van der Waals surface area contributed by atoms with Crippen molar-refractivity contribution in [1.82, 2.24) is 0 Å². The fourth-order valence-electron chi connectivity index (χ4n) is 3.09. The monoisotopic (exact) mass is 262 g/mol. The predicted molar refractivity (Wildman–Crippen MR) is 82.7 cm³/mol. The van der Waals surface area contributed by atoms with Gasteiger partial charge in [-0.3, -0.25) is 0 Å². The molecule has 0 nitrogen and oxygen atoms in total. The molecule has 1 heteroatoms. The molecular weight excluding hydrogens is 248 g/mol. The van der Waals surface area contributed by atoms with Gasteiger partial charge in [-0.2, -0.15) is 0 Å². The van der Waals surface area contributed by atoms with Gasteiger partial charge in [-0.15, -0.1) is 11.3 Å². The quantitative estimate of drug-likeness (QED) is 0.437. The van der Waals surface area contributed by atoms with Crippen molar-refractivity contribution in [2.45, 2.75) is 13.3 Å². The maximum Gasteiger partial charge on any atom is 0.0348 e. The molecule has 0 amide bonds. The van der Waals surface area contributed by atoms with Crippen LogP contribution < -0.4 is 0 Å². The van der Waals surface area contributed by atoms with E-state index in [1.54, 1.807) is 0 Å². The Morgan fingerprint density at radius 1 is 0.895 bits per heavy atom. The Kier molecular flexibility index (Phi) is 2.36. The summed E-state index contributed by atoms with van der Waals surface area (Å²) in [4.78, 5) is 1.39. The fraction of sp³-hybridized carbons (Fsp3) is 0.111. The van der Waals surface area contributed by atoms with Gasteiger partial charge in [-0.05, 0) is 58.2 Å². The second-order valence-corrected chi connectivity index (χ2v) is 6.04. The number of fused-ring (bicyclic) bond motifs is 3. The molecule has 0 saturated carbocycles. The van der Waals surface area contributed by atoms with Crippen molar-refractivity contribution in [2.75, 3.05) is 0 Å². The zero-order chi connectivity index (χ0) is 12.8. The smallest absolute Gasteiger partial charge is 0.0348 e. The highest BCUT2D eigenvalue weighted by atomic mass is 32.1. The van der Waals surface area contributed by atoms with Gasteiger partial charge in [-0.1, -0.05) is 42.5 Å². The molecule has 19 heavy (non-hydrogen) atoms. The van der Waals surface area contributed by atoms with E-state index in [9.17, 15) is 0 Å². The first kappa shape index (κ1) is 11.0. The number of benzene rings is 2. The molecule has 0 spiro atoms. The second kappa shape index (κ2) is 4.07. The zero-order valence-corrected chi connectivity index (χ0v) is 11.6. The molecule has 1 aromatic heterocycles. The van der Waals surface area contributed by atoms with Gasteiger partial charge < -0.3 is 0 Å². The molecule has 0 fully saturated rings. The van der Waals surface area contributed by atoms with Crippen molar-refractivity contribution in [3.8, 4) is 21.6 Å². The van der Waals surface area contributed by atoms with Crippen LogP contribution in [0.1, 0.15) is 16.7 Å². The first-order chi connectivity index (χ1) is 9.34. The van der Waals surface area contributed by atoms with Crippen LogP contribution in [0.2, 0.25) is 0 Å². The zero-order valence-electron chi connectivity index (χ0n) is 10.8. The topological polar surface area (TPSA) is 0 Å². The Labute approximate surface area is 117 Å². The Bertz CT molecular complexity index is 751. The number of thiophene rings is 1. The summed E-state index contributed by atoms with van der Waals surface area (Å²) in [5.74, 6) is 0. The minimum atomic E-state index is 1.07. The maximum atomic E-state index is 2.29. The van der Waals surface area contributed by atoms with Crippen molar-refractivity contribution < 1.29 is 0 Å². The molecule has 0 bridgehead atoms. The van der Waals surface area contributed by atoms with E-state index in [4.69, 9.17) is 0 Å². The van der Waals surface area contributed by atoms with E-state index in [1.165, 1.54) is 38.3 Å². The van der Waals surface area contributed by atoms with E-state index < -0.39 is 0 Å². The van der Waals surface area contributed by atoms with Crippen molar-refractivity contribution in [3.05, 3.63) is 70.6 Å². The van der Waals surface area contributed by atoms with Crippen molar-refractivity contribution in [1.29, 1.82) is 0 Å². The summed E-state index contributed by atoms with van der Waals surface area (Å²) in [5.41, 5.74) is 8.63. The summed E-state index contributed by atoms with van der Waals surface area (Å²) in [6.07, 6.45) is 1.07. The Morgan fingerprint density at radius 3 is 2.63 bits per heavy atom. The highest BCUT2D eigenvalue weighted by Crippen LogP contribution is 2.43. The van der Waals surface area contributed by atoms with Crippen LogP contribution in [-0.2, 0) is 6.42 Å². The molecular formula is C18H14S. The summed E-state index contributed by atoms with van der Waals surface area (Å²) in [6.45, 7) is 2.22. The normalized spacial score (nSPS) is 12.3. The molecule has 3 aromatic rings. The van der Waals surface area contributed by atoms with Gasteiger partial charge in [-0.25, -0.2) is 0 Å². The molecule has 0 unspecified atom stereocenters. The molecule has 0 N–H and O–H groups in total. The lowest BCUT2D eigenvalue weighted by molar-refractivity contribution is 1.25. The van der Waals surface area contributed by atoms with Gasteiger partial charge in [0.2, 0.25) is 0 Å². The highest BCUT2D eigenvalue weighted by Gasteiger charge is 2.22. The van der Waals surface area contributed by atoms with Crippen molar-refractivity contribution >= 4 is 11.3 Å². The molecule has 1 aliphatic rings. The average molecular weight is 262 g/mol. The SMILES string of the molecule is Cc1ccc2c(c1-c1cccs1)Cc1ccccc1-2. The van der Waals surface area contributed by atoms with E-state index in [1.807, 2.05) is 11.3 Å². The van der Waals surface area contributed by atoms with Crippen LogP contribution in [0.3, 0.4) is 0 Å². The fourth-order valence-corrected chi connectivity index (χ4v) is 3.96. The number of aryl methyl sites for hydroxylation is 1. The van der Waals surface area contributed by atoms with Crippen LogP contribution >= 0.6 is 11.3 Å². The van der Waals surface area contributed by atoms with Crippen LogP contribution in [0.5, 0.6) is 0 Å². The van der Waals surface area contributed by atoms with E-state index in [2.05, 4.69) is 60.8 Å². The third-order valence-electron chi connectivity index (χ3n) is 3.96. The molecule has 0 radical (unpaired) electrons. The maximum absolute atomic E-state index is 2.29. The Morgan fingerprint density at radius 2 is 1.79 bits per heavy atom. The Balaban J connectivity index is 2.01. The summed E-state index contributed by atoms with van der Waals surface area (Å²) < 4.78 is 0. The van der Waals surface area contributed by atoms with Crippen LogP contribution in [0.4, 0.5) is 0 Å². The first-order valence-corrected chi connectivity index (χ1v) is 7.47. The van der Waals surface area contributed by atoms with E-state index in [0.29, 0.717) is 0 Å². The average Bonchev–Trinajstić information content (AvgIpc) is 3.05. The van der Waals surface area contributed by atoms with Crippen LogP contribution in [0.25, 0.3) is 21.6 Å². The van der Waals surface area contributed by atoms with E-state index in [0.717, 1.165) is 6.42 Å². The van der Waals surface area contributed by atoms with Crippen LogP contribution in [0.15, 0.2) is 53.9 Å². The van der Waals surface area contributed by atoms with Gasteiger partial charge in [0.1, 0.15) is 0 Å². The van der Waals surface area contributed by atoms with E-state index >= 15 is 0 Å². The molecule has 1 aliphatic carbocycles. The van der Waals surface area contributed by atoms with Crippen molar-refractivity contribution in [3.63, 3.8) is 0 Å². The molecule has 1 heterocycles. The minimum absolute atomic E-state index is 1.07. The molecule has 4 rings (SSSR count). The number of hydrogen-bond donors (Lipinski definition) is 0. The summed E-state index contributed by atoms with van der Waals surface area (Å²) in [5, 5.41) is 2.16. The lowest BCUT2D eigenvalue weighted by Gasteiger charge is -2.10. The lowest BCUT2D eigenvalue weighted by atomic mass is 9.96. The third kappa shape index (κ3) is 1.58. The third-order valence-corrected chi connectivity index (χ3v) is 4.85. The van der Waals surface area contributed by atoms with Gasteiger partial charge in [0, 0.05) is 4.88 Å². The Hall–Kier alpha value is -1.86. The summed E-state index contributed by atoms with van der Waals surface area (Å²) in [7, 11) is 0. The molecule has 92 valence electrons. The van der Waals surface area contributed by atoms with Gasteiger partial charge >= 0.3 is 0 Å². The molecule has 2 aromatic carbocycles. The molecule has 0 aliphatic heterocycles. The highest BCUT2D eigenvalue weighted by molar-refractivity contribution is 7.13. The first-order valence-electron chi connectivity index (χ1n) is 6.59. The number of rotatable bonds is 1. The predicted octanol–water partition coefficient (Wildman–Crippen LogP) is 5.29. The molecule has 0 atom stereocenters. The second-order valence-electron chi connectivity index (χ2n) is 5.09. The summed E-state index contributed by atoms with van der Waals surface area (Å²) in [6, 6.07) is 17.7. The van der Waals surface area contributed by atoms with Crippen LogP contribution in [-0.4, -0.2) is 0 Å². The standard InChI is InChI=1S/C18H14S/c1-12-8-9-15-14-6-3-2-5-13(14)11-16(15)18(12)17-7-4-10-19-17/h2-10H,11H2,1H3. The van der Waals surface area contributed by atoms with E-state index in [-0.39, 0.29) is 0 Å². The minimum Gasteiger partial charge on any atom is -0.144 e. The van der Waals surface area contributed by atoms with Gasteiger partial charge in [0.15, 0.2) is 0 Å². The van der Waals surface area contributed by atoms with Gasteiger partial charge in [0.05, 0.1) is 0 Å².